The minimum atomic E-state index is -4.02. The van der Waals surface area contributed by atoms with Gasteiger partial charge in [0.2, 0.25) is 15.9 Å². The maximum absolute atomic E-state index is 13.5. The number of benzene rings is 4. The topological polar surface area (TPSA) is 286 Å². The van der Waals surface area contributed by atoms with Crippen molar-refractivity contribution in [3.05, 3.63) is 125 Å². The number of aryl methyl sites for hydroxylation is 2. The molecule has 2 heterocycles. The highest BCUT2D eigenvalue weighted by molar-refractivity contribution is 7.88. The lowest BCUT2D eigenvalue weighted by Gasteiger charge is -2.36. The van der Waals surface area contributed by atoms with E-state index in [1.54, 1.807) is 48.5 Å². The van der Waals surface area contributed by atoms with Crippen LogP contribution in [0.2, 0.25) is 0 Å². The first-order chi connectivity index (χ1) is 27.9. The van der Waals surface area contributed by atoms with E-state index in [2.05, 4.69) is 10.2 Å². The van der Waals surface area contributed by atoms with E-state index in [1.165, 1.54) is 64.0 Å². The number of hydrogen-bond acceptors (Lipinski definition) is 11. The molecule has 0 saturated carbocycles. The molecule has 0 radical (unpaired) electrons. The number of hydrogen-bond donors (Lipinski definition) is 6. The number of nitrogens with two attached hydrogens (primary N) is 1. The van der Waals surface area contributed by atoms with E-state index in [1.807, 2.05) is 13.8 Å². The lowest BCUT2D eigenvalue weighted by molar-refractivity contribution is -0.119. The predicted molar refractivity (Wildman–Crippen MR) is 223 cm³/mol. The van der Waals surface area contributed by atoms with Gasteiger partial charge in [0.1, 0.15) is 11.9 Å². The summed E-state index contributed by atoms with van der Waals surface area (Å²) in [6.45, 7) is 5.60. The van der Waals surface area contributed by atoms with E-state index in [0.29, 0.717) is 49.4 Å². The number of carbonyl (C=O) groups excluding carboxylic acids is 2. The Bertz CT molecular complexity index is 2440. The minimum absolute atomic E-state index is 0.0666. The molecule has 4 aromatic carbocycles. The zero-order valence-electron chi connectivity index (χ0n) is 32.8. The van der Waals surface area contributed by atoms with E-state index in [4.69, 9.17) is 25.4 Å². The van der Waals surface area contributed by atoms with Crippen molar-refractivity contribution in [1.82, 2.24) is 14.1 Å². The first kappa shape index (κ1) is 47.1. The van der Waals surface area contributed by atoms with E-state index >= 15 is 0 Å². The van der Waals surface area contributed by atoms with E-state index in [0.717, 1.165) is 11.1 Å². The Labute approximate surface area is 348 Å². The third kappa shape index (κ3) is 13.2. The number of sulfonamides is 1. The standard InChI is InChI=1S/C25H30N6O6S.2C7H8O3S/c1-38(36,37)30-12-10-29(11-13-30)20-14-21(23(32)28-19-8-6-18(7-9-19)25(34)35)31(15-20)24(33)17-4-2-16(3-5-17)22(26)27;2*1-6-2-4-7(5-3-6)11(8,9)10/h2-9,20-21H,10-15H2,1H3,(H3,26,27)(H,28,32)(H,34,35);2*2-5H,1H3,(H,8,9,10)/t20-,21-;;/m0../s1. The van der Waals surface area contributed by atoms with Gasteiger partial charge >= 0.3 is 5.97 Å². The van der Waals surface area contributed by atoms with Crippen molar-refractivity contribution >= 4 is 59.6 Å². The van der Waals surface area contributed by atoms with Crippen molar-refractivity contribution in [2.24, 2.45) is 5.73 Å². The second-order valence-electron chi connectivity index (χ2n) is 14.0. The normalized spacial score (nSPS) is 17.3. The van der Waals surface area contributed by atoms with Crippen LogP contribution in [0.4, 0.5) is 5.69 Å². The summed E-state index contributed by atoms with van der Waals surface area (Å²) in [5, 5.41) is 19.4. The Morgan fingerprint density at radius 2 is 1.12 bits per heavy atom. The molecule has 0 spiro atoms. The number of carboxylic acids is 1. The third-order valence-electron chi connectivity index (χ3n) is 9.58. The van der Waals surface area contributed by atoms with Crippen LogP contribution in [0.1, 0.15) is 43.8 Å². The number of carboxylic acid groups (broad SMARTS) is 1. The molecule has 0 bridgehead atoms. The molecule has 21 heteroatoms. The molecule has 6 rings (SSSR count). The minimum Gasteiger partial charge on any atom is -0.478 e. The van der Waals surface area contributed by atoms with Gasteiger partial charge in [0.15, 0.2) is 0 Å². The van der Waals surface area contributed by atoms with Crippen LogP contribution in [0, 0.1) is 19.3 Å². The van der Waals surface area contributed by atoms with Gasteiger partial charge in [0, 0.05) is 55.6 Å². The lowest BCUT2D eigenvalue weighted by atomic mass is 10.1. The highest BCUT2D eigenvalue weighted by Gasteiger charge is 2.43. The number of rotatable bonds is 9. The molecule has 4 aromatic rings. The van der Waals surface area contributed by atoms with Crippen molar-refractivity contribution in [1.29, 1.82) is 5.41 Å². The van der Waals surface area contributed by atoms with Crippen LogP contribution in [0.5, 0.6) is 0 Å². The molecule has 0 unspecified atom stereocenters. The Morgan fingerprint density at radius 1 is 0.683 bits per heavy atom. The van der Waals surface area contributed by atoms with Crippen molar-refractivity contribution in [2.45, 2.75) is 42.1 Å². The molecule has 18 nitrogen and oxygen atoms in total. The van der Waals surface area contributed by atoms with Crippen molar-refractivity contribution in [3.8, 4) is 0 Å². The summed E-state index contributed by atoms with van der Waals surface area (Å²) in [4.78, 5) is 41.5. The molecule has 2 aliphatic rings. The Balaban J connectivity index is 0.000000291. The number of nitrogens with zero attached hydrogens (tertiary/aromatic N) is 3. The van der Waals surface area contributed by atoms with Crippen LogP contribution in [0.3, 0.4) is 0 Å². The van der Waals surface area contributed by atoms with Gasteiger partial charge in [-0.3, -0.25) is 29.0 Å². The first-order valence-corrected chi connectivity index (χ1v) is 22.8. The summed E-state index contributed by atoms with van der Waals surface area (Å²) >= 11 is 0. The zero-order valence-corrected chi connectivity index (χ0v) is 35.2. The second-order valence-corrected chi connectivity index (χ2v) is 18.8. The number of likely N-dealkylation sites (tertiary alicyclic amines) is 1. The maximum Gasteiger partial charge on any atom is 0.335 e. The fourth-order valence-electron chi connectivity index (χ4n) is 6.25. The fourth-order valence-corrected chi connectivity index (χ4v) is 8.04. The second kappa shape index (κ2) is 19.7. The van der Waals surface area contributed by atoms with E-state index in [9.17, 15) is 39.6 Å². The van der Waals surface area contributed by atoms with E-state index < -0.39 is 48.2 Å². The number of anilines is 1. The van der Waals surface area contributed by atoms with Gasteiger partial charge in [-0.05, 0) is 80.9 Å². The van der Waals surface area contributed by atoms with Gasteiger partial charge in [-0.25, -0.2) is 13.2 Å². The number of aromatic carboxylic acids is 1. The average molecular weight is 887 g/mol. The highest BCUT2D eigenvalue weighted by Crippen LogP contribution is 2.27. The molecule has 2 saturated heterocycles. The van der Waals surface area contributed by atoms with Crippen LogP contribution in [-0.4, -0.2) is 128 Å². The Morgan fingerprint density at radius 3 is 1.52 bits per heavy atom. The number of nitrogen functional groups attached to an aromatic ring is 1. The monoisotopic (exact) mass is 886 g/mol. The summed E-state index contributed by atoms with van der Waals surface area (Å²) in [5.41, 5.74) is 8.74. The average Bonchev–Trinajstić information content (AvgIpc) is 3.64. The smallest absolute Gasteiger partial charge is 0.335 e. The molecule has 2 fully saturated rings. The third-order valence-corrected chi connectivity index (χ3v) is 12.6. The van der Waals surface area contributed by atoms with Crippen LogP contribution in [-0.2, 0) is 35.1 Å². The quantitative estimate of drug-likeness (QED) is 0.0801. The van der Waals surface area contributed by atoms with Crippen molar-refractivity contribution < 1.29 is 53.8 Å². The molecule has 0 aliphatic carbocycles. The molecular formula is C39H46N6O12S3. The molecule has 0 aromatic heterocycles. The van der Waals surface area contributed by atoms with Crippen LogP contribution in [0.15, 0.2) is 107 Å². The maximum atomic E-state index is 13.5. The summed E-state index contributed by atoms with van der Waals surface area (Å²) in [6.07, 6.45) is 1.54. The van der Waals surface area contributed by atoms with E-state index in [-0.39, 0.29) is 39.7 Å². The summed E-state index contributed by atoms with van der Waals surface area (Å²) in [6, 6.07) is 23.1. The number of carbonyl (C=O) groups is 3. The summed E-state index contributed by atoms with van der Waals surface area (Å²) in [7, 11) is -11.3. The van der Waals surface area contributed by atoms with Gasteiger partial charge < -0.3 is 21.1 Å². The number of piperazine rings is 1. The SMILES string of the molecule is CS(=O)(=O)N1CCN([C@H]2C[C@@H](C(=O)Nc3ccc(C(=O)O)cc3)N(C(=O)c3ccc(C(=N)N)cc3)C2)CC1.Cc1ccc(S(=O)(=O)O)cc1.Cc1ccc(S(=O)(=O)O)cc1. The fraction of sp³-hybridized carbons (Fsp3) is 0.282. The summed E-state index contributed by atoms with van der Waals surface area (Å²) in [5.74, 6) is -1.95. The summed E-state index contributed by atoms with van der Waals surface area (Å²) < 4.78 is 84.3. The number of amides is 2. The van der Waals surface area contributed by atoms with Gasteiger partial charge in [-0.2, -0.15) is 21.1 Å². The Hall–Kier alpha value is -5.55. The van der Waals surface area contributed by atoms with Gasteiger partial charge in [0.25, 0.3) is 26.1 Å². The molecular weight excluding hydrogens is 841 g/mol. The Kier molecular flexibility index (Phi) is 15.5. The molecule has 322 valence electrons. The zero-order chi connectivity index (χ0) is 44.6. The largest absolute Gasteiger partial charge is 0.478 e. The number of nitrogens with one attached hydrogen (secondary N) is 2. The lowest BCUT2D eigenvalue weighted by Crippen LogP contribution is -2.52. The molecule has 2 aliphatic heterocycles. The van der Waals surface area contributed by atoms with Gasteiger partial charge in [0.05, 0.1) is 21.6 Å². The molecule has 60 heavy (non-hydrogen) atoms. The van der Waals surface area contributed by atoms with Gasteiger partial charge in [-0.1, -0.05) is 47.5 Å². The van der Waals surface area contributed by atoms with Crippen LogP contribution >= 0.6 is 0 Å². The number of amidine groups is 1. The van der Waals surface area contributed by atoms with Gasteiger partial charge in [-0.15, -0.1) is 0 Å². The molecule has 7 N–H and O–H groups in total. The van der Waals surface area contributed by atoms with Crippen molar-refractivity contribution in [2.75, 3.05) is 44.3 Å². The van der Waals surface area contributed by atoms with Crippen molar-refractivity contribution in [3.63, 3.8) is 0 Å². The van der Waals surface area contributed by atoms with Crippen LogP contribution in [0.25, 0.3) is 0 Å². The molecule has 2 atom stereocenters. The van der Waals surface area contributed by atoms with Crippen LogP contribution < -0.4 is 11.1 Å². The first-order valence-electron chi connectivity index (χ1n) is 18.1. The highest BCUT2D eigenvalue weighted by atomic mass is 32.2. The predicted octanol–water partition coefficient (Wildman–Crippen LogP) is 2.95. The molecule has 2 amide bonds.